The van der Waals surface area contributed by atoms with Crippen molar-refractivity contribution in [2.24, 2.45) is 5.73 Å². The minimum Gasteiger partial charge on any atom is -0.388 e. The molecule has 102 valence electrons. The Bertz CT molecular complexity index is 201. The topological polar surface area (TPSA) is 111 Å². The van der Waals surface area contributed by atoms with Crippen LogP contribution in [0, 0.1) is 0 Å². The number of ether oxygens (including phenoxy) is 3. The number of carbonyl (C=O) groups is 1. The van der Waals surface area contributed by atoms with Crippen molar-refractivity contribution in [3.05, 3.63) is 0 Å². The summed E-state index contributed by atoms with van der Waals surface area (Å²) in [5, 5.41) is 18.6. The Kier molecular flexibility index (Phi) is 9.98. The number of rotatable bonds is 11. The third-order valence-electron chi connectivity index (χ3n) is 1.78. The molecule has 0 aliphatic heterocycles. The lowest BCUT2D eigenvalue weighted by molar-refractivity contribution is -0.119. The standard InChI is InChI=1S/C10H21NO6/c1-15-4-8(12)6-17-7-9(13)5-16-3-2-10(11)14/h8-9,12-13H,2-7H2,1H3,(H2,11,14). The highest BCUT2D eigenvalue weighted by Gasteiger charge is 2.08. The van der Waals surface area contributed by atoms with Crippen LogP contribution in [0.3, 0.4) is 0 Å². The fourth-order valence-electron chi connectivity index (χ4n) is 1.02. The molecule has 0 aromatic rings. The molecule has 2 unspecified atom stereocenters. The van der Waals surface area contributed by atoms with E-state index in [-0.39, 0.29) is 39.5 Å². The van der Waals surface area contributed by atoms with Gasteiger partial charge in [0.25, 0.3) is 0 Å². The molecule has 0 fully saturated rings. The minimum atomic E-state index is -0.794. The van der Waals surface area contributed by atoms with Crippen LogP contribution in [0.4, 0.5) is 0 Å². The van der Waals surface area contributed by atoms with E-state index >= 15 is 0 Å². The Morgan fingerprint density at radius 2 is 1.65 bits per heavy atom. The van der Waals surface area contributed by atoms with E-state index in [2.05, 4.69) is 0 Å². The maximum Gasteiger partial charge on any atom is 0.219 e. The maximum absolute atomic E-state index is 10.4. The van der Waals surface area contributed by atoms with Crippen molar-refractivity contribution in [1.29, 1.82) is 0 Å². The first kappa shape index (κ1) is 16.3. The SMILES string of the molecule is COCC(O)COCC(O)COCCC(N)=O. The second-order valence-corrected chi connectivity index (χ2v) is 3.59. The Hall–Kier alpha value is -0.730. The minimum absolute atomic E-state index is 0.0529. The second-order valence-electron chi connectivity index (χ2n) is 3.59. The summed E-state index contributed by atoms with van der Waals surface area (Å²) >= 11 is 0. The Morgan fingerprint density at radius 1 is 1.12 bits per heavy atom. The zero-order valence-corrected chi connectivity index (χ0v) is 10.0. The molecular formula is C10H21NO6. The smallest absolute Gasteiger partial charge is 0.219 e. The van der Waals surface area contributed by atoms with Crippen LogP contribution in [-0.4, -0.2) is 68.5 Å². The molecule has 0 aromatic carbocycles. The molecular weight excluding hydrogens is 230 g/mol. The number of aliphatic hydroxyl groups is 2. The Morgan fingerprint density at radius 3 is 2.18 bits per heavy atom. The highest BCUT2D eigenvalue weighted by atomic mass is 16.5. The average molecular weight is 251 g/mol. The molecule has 4 N–H and O–H groups in total. The van der Waals surface area contributed by atoms with Crippen molar-refractivity contribution in [2.45, 2.75) is 18.6 Å². The van der Waals surface area contributed by atoms with Gasteiger partial charge in [0.05, 0.1) is 33.0 Å². The summed E-state index contributed by atoms with van der Waals surface area (Å²) in [4.78, 5) is 10.4. The number of primary amides is 1. The molecule has 17 heavy (non-hydrogen) atoms. The van der Waals surface area contributed by atoms with E-state index in [1.54, 1.807) is 0 Å². The van der Waals surface area contributed by atoms with Crippen molar-refractivity contribution >= 4 is 5.91 Å². The summed E-state index contributed by atoms with van der Waals surface area (Å²) < 4.78 is 14.7. The first-order chi connectivity index (χ1) is 8.06. The summed E-state index contributed by atoms with van der Waals surface area (Å²) in [6.07, 6.45) is -1.37. The monoisotopic (exact) mass is 251 g/mol. The normalized spacial score (nSPS) is 14.5. The van der Waals surface area contributed by atoms with Crippen molar-refractivity contribution < 1.29 is 29.2 Å². The van der Waals surface area contributed by atoms with Gasteiger partial charge in [-0.15, -0.1) is 0 Å². The van der Waals surface area contributed by atoms with Gasteiger partial charge in [0.2, 0.25) is 5.91 Å². The molecule has 0 aliphatic rings. The highest BCUT2D eigenvalue weighted by Crippen LogP contribution is 1.92. The van der Waals surface area contributed by atoms with Crippen LogP contribution < -0.4 is 5.73 Å². The first-order valence-corrected chi connectivity index (χ1v) is 5.35. The van der Waals surface area contributed by atoms with Crippen molar-refractivity contribution in [3.8, 4) is 0 Å². The van der Waals surface area contributed by atoms with Crippen LogP contribution in [0.1, 0.15) is 6.42 Å². The summed E-state index contributed by atoms with van der Waals surface area (Å²) in [5.74, 6) is -0.446. The molecule has 0 aliphatic carbocycles. The van der Waals surface area contributed by atoms with Crippen LogP contribution >= 0.6 is 0 Å². The molecule has 1 amide bonds. The van der Waals surface area contributed by atoms with Crippen LogP contribution in [0.25, 0.3) is 0 Å². The second kappa shape index (κ2) is 10.4. The lowest BCUT2D eigenvalue weighted by Crippen LogP contribution is -2.27. The quantitative estimate of drug-likeness (QED) is 0.376. The zero-order valence-electron chi connectivity index (χ0n) is 10.0. The van der Waals surface area contributed by atoms with E-state index in [1.165, 1.54) is 7.11 Å². The number of aliphatic hydroxyl groups excluding tert-OH is 2. The third-order valence-corrected chi connectivity index (χ3v) is 1.78. The van der Waals surface area contributed by atoms with Gasteiger partial charge in [0, 0.05) is 13.5 Å². The molecule has 0 heterocycles. The van der Waals surface area contributed by atoms with Gasteiger partial charge >= 0.3 is 0 Å². The lowest BCUT2D eigenvalue weighted by Gasteiger charge is -2.13. The van der Waals surface area contributed by atoms with Crippen LogP contribution in [0.2, 0.25) is 0 Å². The molecule has 0 saturated carbocycles. The number of carbonyl (C=O) groups excluding carboxylic acids is 1. The van der Waals surface area contributed by atoms with E-state index in [9.17, 15) is 15.0 Å². The van der Waals surface area contributed by atoms with Crippen molar-refractivity contribution in [1.82, 2.24) is 0 Å². The highest BCUT2D eigenvalue weighted by molar-refractivity contribution is 5.73. The summed E-state index contributed by atoms with van der Waals surface area (Å²) in [7, 11) is 1.48. The molecule has 0 rings (SSSR count). The van der Waals surface area contributed by atoms with Gasteiger partial charge in [-0.1, -0.05) is 0 Å². The molecule has 0 saturated heterocycles. The van der Waals surface area contributed by atoms with Gasteiger partial charge in [-0.05, 0) is 0 Å². The fraction of sp³-hybridized carbons (Fsp3) is 0.900. The van der Waals surface area contributed by atoms with Crippen molar-refractivity contribution in [3.63, 3.8) is 0 Å². The summed E-state index contributed by atoms with van der Waals surface area (Å²) in [5.41, 5.74) is 4.91. The van der Waals surface area contributed by atoms with E-state index in [1.807, 2.05) is 0 Å². The Balaban J connectivity index is 3.34. The average Bonchev–Trinajstić information content (AvgIpc) is 2.24. The molecule has 0 spiro atoms. The molecule has 0 radical (unpaired) electrons. The molecule has 0 aromatic heterocycles. The molecule has 2 atom stereocenters. The van der Waals surface area contributed by atoms with Gasteiger partial charge in [-0.2, -0.15) is 0 Å². The molecule has 0 bridgehead atoms. The van der Waals surface area contributed by atoms with Gasteiger partial charge in [0.1, 0.15) is 12.2 Å². The van der Waals surface area contributed by atoms with Crippen LogP contribution in [0.15, 0.2) is 0 Å². The van der Waals surface area contributed by atoms with E-state index < -0.39 is 18.1 Å². The van der Waals surface area contributed by atoms with Crippen LogP contribution in [-0.2, 0) is 19.0 Å². The van der Waals surface area contributed by atoms with E-state index in [4.69, 9.17) is 19.9 Å². The third kappa shape index (κ3) is 11.5. The van der Waals surface area contributed by atoms with Crippen molar-refractivity contribution in [2.75, 3.05) is 40.1 Å². The van der Waals surface area contributed by atoms with Gasteiger partial charge in [-0.3, -0.25) is 4.79 Å². The molecule has 7 nitrogen and oxygen atoms in total. The predicted octanol–water partition coefficient (Wildman–Crippen LogP) is -1.74. The number of hydrogen-bond donors (Lipinski definition) is 3. The fourth-order valence-corrected chi connectivity index (χ4v) is 1.02. The first-order valence-electron chi connectivity index (χ1n) is 5.35. The summed E-state index contributed by atoms with van der Waals surface area (Å²) in [6, 6.07) is 0. The molecule has 7 heteroatoms. The number of hydrogen-bond acceptors (Lipinski definition) is 6. The van der Waals surface area contributed by atoms with E-state index in [0.29, 0.717) is 0 Å². The maximum atomic E-state index is 10.4. The number of nitrogens with two attached hydrogens (primary N) is 1. The predicted molar refractivity (Wildman–Crippen MR) is 59.3 cm³/mol. The van der Waals surface area contributed by atoms with Crippen LogP contribution in [0.5, 0.6) is 0 Å². The van der Waals surface area contributed by atoms with Gasteiger partial charge in [0.15, 0.2) is 0 Å². The van der Waals surface area contributed by atoms with Gasteiger partial charge in [-0.25, -0.2) is 0 Å². The van der Waals surface area contributed by atoms with E-state index in [0.717, 1.165) is 0 Å². The summed E-state index contributed by atoms with van der Waals surface area (Å²) in [6.45, 7) is 0.571. The zero-order chi connectivity index (χ0) is 13.1. The Labute approximate surface area is 100 Å². The largest absolute Gasteiger partial charge is 0.388 e. The number of amides is 1. The lowest BCUT2D eigenvalue weighted by atomic mass is 10.4. The van der Waals surface area contributed by atoms with Gasteiger partial charge < -0.3 is 30.2 Å². The number of methoxy groups -OCH3 is 1.